The molecule has 0 saturated carbocycles. The van der Waals surface area contributed by atoms with Crippen LogP contribution >= 0.6 is 0 Å². The SMILES string of the molecule is Cc1cc(Oc2ccc(CO)cc2)ncn1. The van der Waals surface area contributed by atoms with Crippen LogP contribution < -0.4 is 4.74 Å². The number of aromatic nitrogens is 2. The van der Waals surface area contributed by atoms with Crippen LogP contribution in [0.1, 0.15) is 11.3 Å². The molecule has 16 heavy (non-hydrogen) atoms. The molecule has 2 aromatic rings. The van der Waals surface area contributed by atoms with Gasteiger partial charge in [-0.1, -0.05) is 12.1 Å². The summed E-state index contributed by atoms with van der Waals surface area (Å²) < 4.78 is 5.53. The van der Waals surface area contributed by atoms with Crippen LogP contribution in [0.5, 0.6) is 11.6 Å². The third-order valence-corrected chi connectivity index (χ3v) is 2.11. The molecular weight excluding hydrogens is 204 g/mol. The van der Waals surface area contributed by atoms with Gasteiger partial charge in [0.05, 0.1) is 6.61 Å². The summed E-state index contributed by atoms with van der Waals surface area (Å²) in [4.78, 5) is 7.98. The van der Waals surface area contributed by atoms with E-state index in [9.17, 15) is 0 Å². The zero-order valence-electron chi connectivity index (χ0n) is 8.92. The van der Waals surface area contributed by atoms with Gasteiger partial charge in [0, 0.05) is 11.8 Å². The number of aliphatic hydroxyl groups is 1. The van der Waals surface area contributed by atoms with Crippen LogP contribution in [0.4, 0.5) is 0 Å². The molecule has 0 amide bonds. The van der Waals surface area contributed by atoms with Gasteiger partial charge in [0.2, 0.25) is 5.88 Å². The van der Waals surface area contributed by atoms with E-state index in [1.165, 1.54) is 6.33 Å². The van der Waals surface area contributed by atoms with Crippen molar-refractivity contribution < 1.29 is 9.84 Å². The second-order valence-corrected chi connectivity index (χ2v) is 3.40. The number of ether oxygens (including phenoxy) is 1. The highest BCUT2D eigenvalue weighted by atomic mass is 16.5. The Morgan fingerprint density at radius 2 is 1.94 bits per heavy atom. The van der Waals surface area contributed by atoms with Crippen molar-refractivity contribution in [2.45, 2.75) is 13.5 Å². The van der Waals surface area contributed by atoms with Crippen LogP contribution in [0.3, 0.4) is 0 Å². The van der Waals surface area contributed by atoms with Crippen LogP contribution in [0.15, 0.2) is 36.7 Å². The number of aliphatic hydroxyl groups excluding tert-OH is 1. The fraction of sp³-hybridized carbons (Fsp3) is 0.167. The highest BCUT2D eigenvalue weighted by Crippen LogP contribution is 2.19. The van der Waals surface area contributed by atoms with Gasteiger partial charge in [0.1, 0.15) is 12.1 Å². The molecule has 0 aliphatic heterocycles. The summed E-state index contributed by atoms with van der Waals surface area (Å²) in [7, 11) is 0. The van der Waals surface area contributed by atoms with Crippen molar-refractivity contribution in [1.29, 1.82) is 0 Å². The van der Waals surface area contributed by atoms with E-state index in [-0.39, 0.29) is 6.61 Å². The monoisotopic (exact) mass is 216 g/mol. The second kappa shape index (κ2) is 4.72. The fourth-order valence-corrected chi connectivity index (χ4v) is 1.27. The molecule has 0 saturated heterocycles. The number of nitrogens with zero attached hydrogens (tertiary/aromatic N) is 2. The molecule has 82 valence electrons. The van der Waals surface area contributed by atoms with Crippen LogP contribution in [0.2, 0.25) is 0 Å². The summed E-state index contributed by atoms with van der Waals surface area (Å²) in [6.07, 6.45) is 1.47. The fourth-order valence-electron chi connectivity index (χ4n) is 1.27. The molecule has 0 atom stereocenters. The normalized spacial score (nSPS) is 10.1. The molecule has 4 nitrogen and oxygen atoms in total. The first-order chi connectivity index (χ1) is 7.78. The quantitative estimate of drug-likeness (QED) is 0.853. The Bertz CT molecular complexity index is 469. The molecule has 1 heterocycles. The molecular formula is C12H12N2O2. The number of hydrogen-bond donors (Lipinski definition) is 1. The van der Waals surface area contributed by atoms with Gasteiger partial charge in [-0.2, -0.15) is 0 Å². The minimum absolute atomic E-state index is 0.0346. The summed E-state index contributed by atoms with van der Waals surface area (Å²) in [6, 6.07) is 8.97. The van der Waals surface area contributed by atoms with E-state index >= 15 is 0 Å². The summed E-state index contributed by atoms with van der Waals surface area (Å²) >= 11 is 0. The van der Waals surface area contributed by atoms with Gasteiger partial charge in [0.25, 0.3) is 0 Å². The van der Waals surface area contributed by atoms with E-state index in [0.717, 1.165) is 11.3 Å². The lowest BCUT2D eigenvalue weighted by Gasteiger charge is -2.05. The van der Waals surface area contributed by atoms with E-state index in [2.05, 4.69) is 9.97 Å². The van der Waals surface area contributed by atoms with Crippen molar-refractivity contribution in [2.24, 2.45) is 0 Å². The van der Waals surface area contributed by atoms with Gasteiger partial charge in [0.15, 0.2) is 0 Å². The molecule has 2 rings (SSSR count). The summed E-state index contributed by atoms with van der Waals surface area (Å²) in [5, 5.41) is 8.89. The van der Waals surface area contributed by atoms with Crippen molar-refractivity contribution in [3.63, 3.8) is 0 Å². The molecule has 1 N–H and O–H groups in total. The maximum atomic E-state index is 8.89. The largest absolute Gasteiger partial charge is 0.439 e. The van der Waals surface area contributed by atoms with Crippen molar-refractivity contribution in [3.8, 4) is 11.6 Å². The second-order valence-electron chi connectivity index (χ2n) is 3.40. The zero-order valence-corrected chi connectivity index (χ0v) is 8.92. The molecule has 0 aliphatic rings. The Morgan fingerprint density at radius 3 is 2.56 bits per heavy atom. The van der Waals surface area contributed by atoms with Crippen molar-refractivity contribution in [3.05, 3.63) is 47.9 Å². The predicted octanol–water partition coefficient (Wildman–Crippen LogP) is 2.07. The molecule has 0 fully saturated rings. The van der Waals surface area contributed by atoms with Gasteiger partial charge < -0.3 is 9.84 Å². The summed E-state index contributed by atoms with van der Waals surface area (Å²) in [5.74, 6) is 1.21. The summed E-state index contributed by atoms with van der Waals surface area (Å²) in [5.41, 5.74) is 1.71. The Balaban J connectivity index is 2.14. The molecule has 0 unspecified atom stereocenters. The molecule has 1 aromatic heterocycles. The number of benzene rings is 1. The zero-order chi connectivity index (χ0) is 11.4. The van der Waals surface area contributed by atoms with Gasteiger partial charge in [-0.3, -0.25) is 0 Å². The molecule has 1 aromatic carbocycles. The minimum atomic E-state index is 0.0346. The average molecular weight is 216 g/mol. The Labute approximate surface area is 93.6 Å². The minimum Gasteiger partial charge on any atom is -0.439 e. The van der Waals surface area contributed by atoms with Gasteiger partial charge in [-0.15, -0.1) is 0 Å². The van der Waals surface area contributed by atoms with Crippen molar-refractivity contribution in [1.82, 2.24) is 9.97 Å². The molecule has 0 spiro atoms. The Morgan fingerprint density at radius 1 is 1.19 bits per heavy atom. The van der Waals surface area contributed by atoms with E-state index < -0.39 is 0 Å². The lowest BCUT2D eigenvalue weighted by atomic mass is 10.2. The molecule has 4 heteroatoms. The van der Waals surface area contributed by atoms with Gasteiger partial charge in [-0.05, 0) is 24.6 Å². The van der Waals surface area contributed by atoms with Crippen LogP contribution in [0.25, 0.3) is 0 Å². The van der Waals surface area contributed by atoms with Crippen LogP contribution in [-0.2, 0) is 6.61 Å². The smallest absolute Gasteiger partial charge is 0.222 e. The number of rotatable bonds is 3. The Hall–Kier alpha value is -1.94. The molecule has 0 aliphatic carbocycles. The number of hydrogen-bond acceptors (Lipinski definition) is 4. The topological polar surface area (TPSA) is 55.2 Å². The maximum Gasteiger partial charge on any atom is 0.222 e. The lowest BCUT2D eigenvalue weighted by Crippen LogP contribution is -1.91. The maximum absolute atomic E-state index is 8.89. The first-order valence-corrected chi connectivity index (χ1v) is 4.94. The standard InChI is InChI=1S/C12H12N2O2/c1-9-6-12(14-8-13-9)16-11-4-2-10(7-15)3-5-11/h2-6,8,15H,7H2,1H3. The highest BCUT2D eigenvalue weighted by Gasteiger charge is 1.99. The Kier molecular flexibility index (Phi) is 3.12. The van der Waals surface area contributed by atoms with Crippen molar-refractivity contribution in [2.75, 3.05) is 0 Å². The molecule has 0 bridgehead atoms. The van der Waals surface area contributed by atoms with Crippen LogP contribution in [0, 0.1) is 6.92 Å². The van der Waals surface area contributed by atoms with Gasteiger partial charge >= 0.3 is 0 Å². The summed E-state index contributed by atoms with van der Waals surface area (Å²) in [6.45, 7) is 1.91. The third kappa shape index (κ3) is 2.55. The van der Waals surface area contributed by atoms with E-state index in [1.807, 2.05) is 19.1 Å². The molecule has 0 radical (unpaired) electrons. The van der Waals surface area contributed by atoms with Gasteiger partial charge in [-0.25, -0.2) is 9.97 Å². The third-order valence-electron chi connectivity index (χ3n) is 2.11. The highest BCUT2D eigenvalue weighted by molar-refractivity contribution is 5.30. The first kappa shape index (κ1) is 10.6. The van der Waals surface area contributed by atoms with E-state index in [0.29, 0.717) is 11.6 Å². The van der Waals surface area contributed by atoms with Crippen molar-refractivity contribution >= 4 is 0 Å². The predicted molar refractivity (Wildman–Crippen MR) is 59.2 cm³/mol. The van der Waals surface area contributed by atoms with E-state index in [1.54, 1.807) is 18.2 Å². The lowest BCUT2D eigenvalue weighted by molar-refractivity contribution is 0.281. The number of aryl methyl sites for hydroxylation is 1. The van der Waals surface area contributed by atoms with Crippen LogP contribution in [-0.4, -0.2) is 15.1 Å². The van der Waals surface area contributed by atoms with E-state index in [4.69, 9.17) is 9.84 Å². The average Bonchev–Trinajstić information content (AvgIpc) is 2.30. The first-order valence-electron chi connectivity index (χ1n) is 4.94.